The Hall–Kier alpha value is -0.670. The van der Waals surface area contributed by atoms with Crippen LogP contribution in [0.2, 0.25) is 0 Å². The van der Waals surface area contributed by atoms with Crippen LogP contribution in [0.3, 0.4) is 0 Å². The zero-order chi connectivity index (χ0) is 13.7. The van der Waals surface area contributed by atoms with Crippen molar-refractivity contribution in [3.8, 4) is 0 Å². The van der Waals surface area contributed by atoms with Crippen molar-refractivity contribution in [2.24, 2.45) is 0 Å². The van der Waals surface area contributed by atoms with E-state index in [1.807, 2.05) is 24.3 Å². The van der Waals surface area contributed by atoms with E-state index in [1.165, 1.54) is 32.1 Å². The minimum Gasteiger partial charge on any atom is -0.293 e. The molecule has 1 aromatic carbocycles. The summed E-state index contributed by atoms with van der Waals surface area (Å²) in [4.78, 5) is 14.7. The third-order valence-corrected chi connectivity index (χ3v) is 4.48. The normalized spacial score (nSPS) is 16.8. The zero-order valence-corrected chi connectivity index (χ0v) is 13.2. The number of carbonyl (C=O) groups is 1. The molecule has 0 spiro atoms. The molecule has 0 aliphatic heterocycles. The lowest BCUT2D eigenvalue weighted by atomic mass is 9.94. The second kappa shape index (κ2) is 7.20. The average molecular weight is 324 g/mol. The first-order valence-corrected chi connectivity index (χ1v) is 8.03. The summed E-state index contributed by atoms with van der Waals surface area (Å²) < 4.78 is 0.971. The molecule has 0 aromatic heterocycles. The molecule has 104 valence electrons. The van der Waals surface area contributed by atoms with Crippen LogP contribution in [-0.2, 0) is 0 Å². The highest BCUT2D eigenvalue weighted by Crippen LogP contribution is 2.23. The van der Waals surface area contributed by atoms with E-state index in [0.717, 1.165) is 16.6 Å². The summed E-state index contributed by atoms with van der Waals surface area (Å²) in [5.41, 5.74) is 0.809. The molecule has 0 atom stereocenters. The standard InChI is InChI=1S/C16H22BrNO/c1-2-18(15-9-4-3-5-10-15)12-16(19)13-7-6-8-14(17)11-13/h6-8,11,15H,2-5,9-10,12H2,1H3. The van der Waals surface area contributed by atoms with E-state index in [9.17, 15) is 4.79 Å². The second-order valence-corrected chi connectivity index (χ2v) is 6.20. The molecule has 0 saturated heterocycles. The molecule has 19 heavy (non-hydrogen) atoms. The van der Waals surface area contributed by atoms with Crippen LogP contribution in [0, 0.1) is 0 Å². The minimum atomic E-state index is 0.230. The number of carbonyl (C=O) groups excluding carboxylic acids is 1. The van der Waals surface area contributed by atoms with Crippen LogP contribution >= 0.6 is 15.9 Å². The Morgan fingerprint density at radius 2 is 2.05 bits per heavy atom. The van der Waals surface area contributed by atoms with Gasteiger partial charge >= 0.3 is 0 Å². The molecule has 0 radical (unpaired) electrons. The Bertz CT molecular complexity index is 427. The molecule has 0 unspecified atom stereocenters. The summed E-state index contributed by atoms with van der Waals surface area (Å²) in [6.45, 7) is 3.67. The van der Waals surface area contributed by atoms with Gasteiger partial charge in [0.2, 0.25) is 0 Å². The molecule has 1 aliphatic rings. The van der Waals surface area contributed by atoms with Gasteiger partial charge in [0.05, 0.1) is 6.54 Å². The maximum absolute atomic E-state index is 12.3. The molecule has 0 bridgehead atoms. The van der Waals surface area contributed by atoms with Gasteiger partial charge < -0.3 is 0 Å². The molecule has 0 amide bonds. The van der Waals surface area contributed by atoms with Gasteiger partial charge in [-0.1, -0.05) is 54.2 Å². The van der Waals surface area contributed by atoms with Crippen molar-refractivity contribution in [1.82, 2.24) is 4.90 Å². The average Bonchev–Trinajstić information content (AvgIpc) is 2.45. The van der Waals surface area contributed by atoms with E-state index in [0.29, 0.717) is 12.6 Å². The topological polar surface area (TPSA) is 20.3 Å². The molecular formula is C16H22BrNO. The van der Waals surface area contributed by atoms with E-state index in [-0.39, 0.29) is 5.78 Å². The highest BCUT2D eigenvalue weighted by Gasteiger charge is 2.22. The second-order valence-electron chi connectivity index (χ2n) is 5.29. The number of hydrogen-bond acceptors (Lipinski definition) is 2. The Kier molecular flexibility index (Phi) is 5.59. The van der Waals surface area contributed by atoms with Crippen LogP contribution in [0.1, 0.15) is 49.4 Å². The van der Waals surface area contributed by atoms with Crippen LogP contribution in [0.5, 0.6) is 0 Å². The molecule has 0 heterocycles. The first-order chi connectivity index (χ1) is 9.20. The SMILES string of the molecule is CCN(CC(=O)c1cccc(Br)c1)C1CCCCC1. The van der Waals surface area contributed by atoms with E-state index >= 15 is 0 Å². The van der Waals surface area contributed by atoms with E-state index in [1.54, 1.807) is 0 Å². The Balaban J connectivity index is 1.99. The zero-order valence-electron chi connectivity index (χ0n) is 11.6. The van der Waals surface area contributed by atoms with Gasteiger partial charge in [-0.2, -0.15) is 0 Å². The molecule has 1 aliphatic carbocycles. The van der Waals surface area contributed by atoms with Crippen LogP contribution < -0.4 is 0 Å². The smallest absolute Gasteiger partial charge is 0.176 e. The largest absolute Gasteiger partial charge is 0.293 e. The van der Waals surface area contributed by atoms with E-state index < -0.39 is 0 Å². The lowest BCUT2D eigenvalue weighted by Crippen LogP contribution is -2.40. The summed E-state index contributed by atoms with van der Waals surface area (Å²) in [5.74, 6) is 0.230. The van der Waals surface area contributed by atoms with Crippen LogP contribution in [-0.4, -0.2) is 29.8 Å². The number of nitrogens with zero attached hydrogens (tertiary/aromatic N) is 1. The summed E-state index contributed by atoms with van der Waals surface area (Å²) in [6.07, 6.45) is 6.48. The van der Waals surface area contributed by atoms with Gasteiger partial charge in [-0.15, -0.1) is 0 Å². The third-order valence-electron chi connectivity index (χ3n) is 3.99. The van der Waals surface area contributed by atoms with Crippen molar-refractivity contribution in [2.45, 2.75) is 45.1 Å². The molecule has 1 aromatic rings. The fourth-order valence-corrected chi connectivity index (χ4v) is 3.28. The van der Waals surface area contributed by atoms with Gasteiger partial charge in [0.1, 0.15) is 0 Å². The predicted octanol–water partition coefficient (Wildman–Crippen LogP) is 4.29. The molecular weight excluding hydrogens is 302 g/mol. The van der Waals surface area contributed by atoms with Gasteiger partial charge in [-0.3, -0.25) is 9.69 Å². The lowest BCUT2D eigenvalue weighted by molar-refractivity contribution is 0.0868. The summed E-state index contributed by atoms with van der Waals surface area (Å²) in [5, 5.41) is 0. The Morgan fingerprint density at radius 1 is 1.32 bits per heavy atom. The van der Waals surface area contributed by atoms with Gasteiger partial charge in [0, 0.05) is 16.1 Å². The number of hydrogen-bond donors (Lipinski definition) is 0. The fourth-order valence-electron chi connectivity index (χ4n) is 2.88. The number of rotatable bonds is 5. The van der Waals surface area contributed by atoms with Gasteiger partial charge in [0.25, 0.3) is 0 Å². The maximum atomic E-state index is 12.3. The van der Waals surface area contributed by atoms with Crippen LogP contribution in [0.4, 0.5) is 0 Å². The van der Waals surface area contributed by atoms with Crippen LogP contribution in [0.25, 0.3) is 0 Å². The Morgan fingerprint density at radius 3 is 2.68 bits per heavy atom. The predicted molar refractivity (Wildman–Crippen MR) is 82.6 cm³/mol. The number of benzene rings is 1. The molecule has 1 saturated carbocycles. The molecule has 2 nitrogen and oxygen atoms in total. The lowest BCUT2D eigenvalue weighted by Gasteiger charge is -2.33. The molecule has 2 rings (SSSR count). The highest BCUT2D eigenvalue weighted by molar-refractivity contribution is 9.10. The number of Topliss-reactive ketones (excluding diaryl/α,β-unsaturated/α-hetero) is 1. The van der Waals surface area contributed by atoms with Crippen molar-refractivity contribution < 1.29 is 4.79 Å². The monoisotopic (exact) mass is 323 g/mol. The van der Waals surface area contributed by atoms with Crippen molar-refractivity contribution in [2.75, 3.05) is 13.1 Å². The fraction of sp³-hybridized carbons (Fsp3) is 0.562. The first-order valence-electron chi connectivity index (χ1n) is 7.23. The highest BCUT2D eigenvalue weighted by atomic mass is 79.9. The van der Waals surface area contributed by atoms with Crippen molar-refractivity contribution in [3.05, 3.63) is 34.3 Å². The van der Waals surface area contributed by atoms with Gasteiger partial charge in [-0.25, -0.2) is 0 Å². The summed E-state index contributed by atoms with van der Waals surface area (Å²) in [7, 11) is 0. The Labute approximate surface area is 124 Å². The van der Waals surface area contributed by atoms with Crippen molar-refractivity contribution in [3.63, 3.8) is 0 Å². The minimum absolute atomic E-state index is 0.230. The number of likely N-dealkylation sites (N-methyl/N-ethyl adjacent to an activating group) is 1. The first kappa shape index (κ1) is 14.7. The summed E-state index contributed by atoms with van der Waals surface area (Å²) >= 11 is 3.42. The van der Waals surface area contributed by atoms with Gasteiger partial charge in [-0.05, 0) is 31.5 Å². The molecule has 3 heteroatoms. The quantitative estimate of drug-likeness (QED) is 0.753. The van der Waals surface area contributed by atoms with Crippen molar-refractivity contribution in [1.29, 1.82) is 0 Å². The van der Waals surface area contributed by atoms with Crippen LogP contribution in [0.15, 0.2) is 28.7 Å². The maximum Gasteiger partial charge on any atom is 0.176 e. The molecule has 1 fully saturated rings. The van der Waals surface area contributed by atoms with E-state index in [4.69, 9.17) is 0 Å². The number of ketones is 1. The van der Waals surface area contributed by atoms with Crippen molar-refractivity contribution >= 4 is 21.7 Å². The van der Waals surface area contributed by atoms with E-state index in [2.05, 4.69) is 27.8 Å². The third kappa shape index (κ3) is 4.15. The van der Waals surface area contributed by atoms with Gasteiger partial charge in [0.15, 0.2) is 5.78 Å². The molecule has 0 N–H and O–H groups in total. The summed E-state index contributed by atoms with van der Waals surface area (Å²) in [6, 6.07) is 8.30. The number of halogens is 1.